The topological polar surface area (TPSA) is 107 Å². The fourth-order valence-electron chi connectivity index (χ4n) is 4.02. The summed E-state index contributed by atoms with van der Waals surface area (Å²) >= 11 is 0. The van der Waals surface area contributed by atoms with Gasteiger partial charge >= 0.3 is 0 Å². The molecule has 0 N–H and O–H groups in total. The number of nitro benzene ring substituents is 1. The van der Waals surface area contributed by atoms with Crippen LogP contribution in [0.3, 0.4) is 0 Å². The van der Waals surface area contributed by atoms with Gasteiger partial charge in [0.1, 0.15) is 5.82 Å². The number of hydrogen-bond acceptors (Lipinski definition) is 7. The molecule has 0 aliphatic carbocycles. The smallest absolute Gasteiger partial charge is 0.269 e. The molecule has 0 radical (unpaired) electrons. The number of aryl methyl sites for hydroxylation is 1. The molecule has 3 heterocycles. The lowest BCUT2D eigenvalue weighted by Gasteiger charge is -2.25. The summed E-state index contributed by atoms with van der Waals surface area (Å²) in [6.07, 6.45) is 5.73. The maximum Gasteiger partial charge on any atom is 0.269 e. The number of para-hydroxylation sites is 1. The van der Waals surface area contributed by atoms with E-state index >= 15 is 0 Å². The molecular weight excluding hydrogens is 432 g/mol. The molecule has 0 amide bonds. The monoisotopic (exact) mass is 456 g/mol. The number of nitrogens with zero attached hydrogens (tertiary/aromatic N) is 8. The quantitative estimate of drug-likeness (QED) is 0.252. The molecule has 0 fully saturated rings. The molecule has 3 aromatic heterocycles. The van der Waals surface area contributed by atoms with Crippen LogP contribution in [0.2, 0.25) is 0 Å². The third kappa shape index (κ3) is 3.83. The summed E-state index contributed by atoms with van der Waals surface area (Å²) in [5, 5.41) is 21.0. The van der Waals surface area contributed by atoms with Gasteiger partial charge in [-0.05, 0) is 30.7 Å². The number of rotatable bonds is 8. The maximum absolute atomic E-state index is 11.1. The van der Waals surface area contributed by atoms with Crippen molar-refractivity contribution < 1.29 is 4.92 Å². The first-order valence-corrected chi connectivity index (χ1v) is 11.2. The summed E-state index contributed by atoms with van der Waals surface area (Å²) in [5.74, 6) is 2.21. The summed E-state index contributed by atoms with van der Waals surface area (Å²) in [6, 6.07) is 14.2. The van der Waals surface area contributed by atoms with Gasteiger partial charge in [0.2, 0.25) is 5.95 Å². The van der Waals surface area contributed by atoms with Crippen molar-refractivity contribution >= 4 is 28.2 Å². The van der Waals surface area contributed by atoms with Crippen LogP contribution >= 0.6 is 0 Å². The lowest BCUT2D eigenvalue weighted by atomic mass is 10.2. The first-order valence-electron chi connectivity index (χ1n) is 11.2. The molecule has 0 unspecified atom stereocenters. The van der Waals surface area contributed by atoms with E-state index in [4.69, 9.17) is 4.98 Å². The molecule has 5 rings (SSSR count). The van der Waals surface area contributed by atoms with E-state index in [0.29, 0.717) is 24.0 Å². The van der Waals surface area contributed by atoms with Crippen molar-refractivity contribution in [1.29, 1.82) is 0 Å². The molecule has 0 aliphatic heterocycles. The first kappa shape index (κ1) is 21.5. The van der Waals surface area contributed by atoms with E-state index in [1.54, 1.807) is 18.3 Å². The summed E-state index contributed by atoms with van der Waals surface area (Å²) < 4.78 is 3.95. The summed E-state index contributed by atoms with van der Waals surface area (Å²) in [6.45, 7) is 3.51. The van der Waals surface area contributed by atoms with Gasteiger partial charge in [-0.25, -0.2) is 14.4 Å². The number of benzene rings is 2. The molecule has 0 spiro atoms. The van der Waals surface area contributed by atoms with Crippen molar-refractivity contribution in [2.24, 2.45) is 7.05 Å². The maximum atomic E-state index is 11.1. The van der Waals surface area contributed by atoms with E-state index in [-0.39, 0.29) is 5.69 Å². The standard InChI is InChI=1S/C24H24N8O2/c1-3-4-14-30(16-21-25-13-15-29(21)2)24-26-20-8-6-5-7-19(20)23-28-27-22(31(23)24)17-9-11-18(12-10-17)32(33)34/h5-13,15H,3-4,14,16H2,1-2H3. The number of imidazole rings is 1. The summed E-state index contributed by atoms with van der Waals surface area (Å²) in [4.78, 5) is 22.5. The zero-order valence-electron chi connectivity index (χ0n) is 19.0. The highest BCUT2D eigenvalue weighted by atomic mass is 16.6. The number of fused-ring (bicyclic) bond motifs is 3. The predicted octanol–water partition coefficient (Wildman–Crippen LogP) is 4.39. The molecule has 0 bridgehead atoms. The molecular formula is C24H24N8O2. The van der Waals surface area contributed by atoms with Gasteiger partial charge in [0.15, 0.2) is 11.5 Å². The van der Waals surface area contributed by atoms with Gasteiger partial charge in [-0.3, -0.25) is 10.1 Å². The van der Waals surface area contributed by atoms with Crippen LogP contribution in [0.4, 0.5) is 11.6 Å². The van der Waals surface area contributed by atoms with Crippen LogP contribution in [0.1, 0.15) is 25.6 Å². The van der Waals surface area contributed by atoms with Crippen LogP contribution in [-0.4, -0.2) is 40.6 Å². The number of anilines is 1. The van der Waals surface area contributed by atoms with E-state index in [2.05, 4.69) is 27.0 Å². The van der Waals surface area contributed by atoms with E-state index in [9.17, 15) is 10.1 Å². The van der Waals surface area contributed by atoms with Crippen molar-refractivity contribution in [3.05, 3.63) is 76.9 Å². The van der Waals surface area contributed by atoms with Crippen LogP contribution in [0.5, 0.6) is 0 Å². The van der Waals surface area contributed by atoms with Crippen molar-refractivity contribution in [2.75, 3.05) is 11.4 Å². The van der Waals surface area contributed by atoms with Gasteiger partial charge in [0.25, 0.3) is 5.69 Å². The zero-order chi connectivity index (χ0) is 23.7. The third-order valence-electron chi connectivity index (χ3n) is 5.88. The Labute approximate surface area is 195 Å². The Morgan fingerprint density at radius 2 is 1.88 bits per heavy atom. The minimum absolute atomic E-state index is 0.0284. The number of aromatic nitrogens is 6. The molecule has 10 nitrogen and oxygen atoms in total. The number of non-ortho nitro benzene ring substituents is 1. The van der Waals surface area contributed by atoms with Crippen LogP contribution < -0.4 is 4.90 Å². The van der Waals surface area contributed by atoms with Gasteiger partial charge < -0.3 is 9.47 Å². The minimum atomic E-state index is -0.411. The van der Waals surface area contributed by atoms with Crippen molar-refractivity contribution in [3.8, 4) is 11.4 Å². The van der Waals surface area contributed by atoms with Crippen LogP contribution in [-0.2, 0) is 13.6 Å². The van der Waals surface area contributed by atoms with Gasteiger partial charge in [-0.1, -0.05) is 25.5 Å². The first-order chi connectivity index (χ1) is 16.6. The molecule has 0 atom stereocenters. The van der Waals surface area contributed by atoms with E-state index in [0.717, 1.165) is 41.7 Å². The summed E-state index contributed by atoms with van der Waals surface area (Å²) in [5.41, 5.74) is 2.27. The van der Waals surface area contributed by atoms with Crippen LogP contribution in [0, 0.1) is 10.1 Å². The van der Waals surface area contributed by atoms with Gasteiger partial charge in [0, 0.05) is 49.1 Å². The fraction of sp³-hybridized carbons (Fsp3) is 0.250. The SMILES string of the molecule is CCCCN(Cc1nccn1C)c1nc2ccccc2c2nnc(-c3ccc([N+](=O)[O-])cc3)n12. The van der Waals surface area contributed by atoms with E-state index in [1.165, 1.54) is 12.1 Å². The minimum Gasteiger partial charge on any atom is -0.337 e. The normalized spacial score (nSPS) is 11.4. The Kier molecular flexibility index (Phi) is 5.62. The molecule has 172 valence electrons. The predicted molar refractivity (Wildman–Crippen MR) is 130 cm³/mol. The lowest BCUT2D eigenvalue weighted by Crippen LogP contribution is -2.28. The molecule has 0 aliphatic rings. The average molecular weight is 457 g/mol. The van der Waals surface area contributed by atoms with Gasteiger partial charge in [-0.2, -0.15) is 0 Å². The van der Waals surface area contributed by atoms with E-state index < -0.39 is 4.92 Å². The second kappa shape index (κ2) is 8.89. The van der Waals surface area contributed by atoms with Crippen molar-refractivity contribution in [1.82, 2.24) is 29.1 Å². The van der Waals surface area contributed by atoms with Crippen molar-refractivity contribution in [2.45, 2.75) is 26.3 Å². The Morgan fingerprint density at radius 3 is 2.59 bits per heavy atom. The number of nitro groups is 1. The Bertz CT molecular complexity index is 1470. The molecule has 34 heavy (non-hydrogen) atoms. The average Bonchev–Trinajstić information content (AvgIpc) is 3.48. The molecule has 10 heteroatoms. The lowest BCUT2D eigenvalue weighted by molar-refractivity contribution is -0.384. The highest BCUT2D eigenvalue weighted by Gasteiger charge is 2.22. The van der Waals surface area contributed by atoms with Crippen LogP contribution in [0.25, 0.3) is 27.9 Å². The van der Waals surface area contributed by atoms with Crippen LogP contribution in [0.15, 0.2) is 60.9 Å². The fourth-order valence-corrected chi connectivity index (χ4v) is 4.02. The second-order valence-electron chi connectivity index (χ2n) is 8.15. The Balaban J connectivity index is 1.73. The van der Waals surface area contributed by atoms with Crippen molar-refractivity contribution in [3.63, 3.8) is 0 Å². The Morgan fingerprint density at radius 1 is 1.09 bits per heavy atom. The number of hydrogen-bond donors (Lipinski definition) is 0. The highest BCUT2D eigenvalue weighted by Crippen LogP contribution is 2.30. The summed E-state index contributed by atoms with van der Waals surface area (Å²) in [7, 11) is 1.98. The van der Waals surface area contributed by atoms with Gasteiger partial charge in [0.05, 0.1) is 17.0 Å². The molecule has 0 saturated heterocycles. The Hall–Kier alpha value is -4.34. The molecule has 0 saturated carbocycles. The zero-order valence-corrected chi connectivity index (χ0v) is 19.0. The van der Waals surface area contributed by atoms with Gasteiger partial charge in [-0.15, -0.1) is 10.2 Å². The number of unbranched alkanes of at least 4 members (excludes halogenated alkanes) is 1. The third-order valence-corrected chi connectivity index (χ3v) is 5.88. The highest BCUT2D eigenvalue weighted by molar-refractivity contribution is 5.93. The largest absolute Gasteiger partial charge is 0.337 e. The molecule has 2 aromatic carbocycles. The molecule has 5 aromatic rings. The second-order valence-corrected chi connectivity index (χ2v) is 8.15. The van der Waals surface area contributed by atoms with E-state index in [1.807, 2.05) is 46.5 Å².